The number of ether oxygens (including phenoxy) is 1. The van der Waals surface area contributed by atoms with E-state index in [1.54, 1.807) is 7.05 Å². The van der Waals surface area contributed by atoms with E-state index in [1.165, 1.54) is 44.9 Å². The maximum absolute atomic E-state index is 6.02. The van der Waals surface area contributed by atoms with Crippen molar-refractivity contribution < 1.29 is 4.74 Å². The first-order chi connectivity index (χ1) is 13.3. The Morgan fingerprint density at radius 3 is 2.81 bits per heavy atom. The molecule has 1 aromatic carbocycles. The Hall–Kier alpha value is -2.41. The maximum Gasteiger partial charge on any atom is 0.191 e. The molecule has 1 saturated carbocycles. The van der Waals surface area contributed by atoms with Gasteiger partial charge in [0.1, 0.15) is 6.33 Å². The van der Waals surface area contributed by atoms with Crippen LogP contribution in [0.5, 0.6) is 0 Å². The fraction of sp³-hybridized carbons (Fsp3) is 0.550. The van der Waals surface area contributed by atoms with E-state index < -0.39 is 0 Å². The molecule has 1 aromatic heterocycles. The second-order valence-corrected chi connectivity index (χ2v) is 6.87. The molecule has 2 aromatic rings. The molecule has 0 bridgehead atoms. The Balaban J connectivity index is 1.39. The van der Waals surface area contributed by atoms with Crippen LogP contribution in [0.2, 0.25) is 0 Å². The van der Waals surface area contributed by atoms with Gasteiger partial charge in [-0.3, -0.25) is 10.1 Å². The molecule has 1 fully saturated rings. The van der Waals surface area contributed by atoms with Crippen molar-refractivity contribution in [1.29, 1.82) is 0 Å². The molecule has 0 unspecified atom stereocenters. The molecule has 0 saturated heterocycles. The van der Waals surface area contributed by atoms with Crippen LogP contribution in [0, 0.1) is 0 Å². The van der Waals surface area contributed by atoms with Crippen molar-refractivity contribution in [1.82, 2.24) is 25.8 Å². The van der Waals surface area contributed by atoms with Gasteiger partial charge in [-0.2, -0.15) is 5.10 Å². The van der Waals surface area contributed by atoms with Crippen LogP contribution in [0.4, 0.5) is 0 Å². The van der Waals surface area contributed by atoms with Crippen molar-refractivity contribution in [2.24, 2.45) is 4.99 Å². The molecule has 0 spiro atoms. The number of aromatic nitrogens is 3. The third-order valence-electron chi connectivity index (χ3n) is 4.85. The van der Waals surface area contributed by atoms with E-state index in [9.17, 15) is 0 Å². The predicted molar refractivity (Wildman–Crippen MR) is 107 cm³/mol. The van der Waals surface area contributed by atoms with Gasteiger partial charge >= 0.3 is 0 Å². The fourth-order valence-electron chi connectivity index (χ4n) is 3.38. The topological polar surface area (TPSA) is 87.2 Å². The number of nitrogens with zero attached hydrogens (tertiary/aromatic N) is 3. The Bertz CT molecular complexity index is 692. The minimum Gasteiger partial charge on any atom is -0.376 e. The first kappa shape index (κ1) is 19.4. The summed E-state index contributed by atoms with van der Waals surface area (Å²) in [5, 5.41) is 13.5. The van der Waals surface area contributed by atoms with Gasteiger partial charge in [-0.1, -0.05) is 43.9 Å². The van der Waals surface area contributed by atoms with E-state index in [0.717, 1.165) is 29.5 Å². The maximum atomic E-state index is 6.02. The zero-order chi connectivity index (χ0) is 18.7. The fourth-order valence-corrected chi connectivity index (χ4v) is 3.38. The zero-order valence-corrected chi connectivity index (χ0v) is 16.1. The largest absolute Gasteiger partial charge is 0.376 e. The van der Waals surface area contributed by atoms with Crippen LogP contribution in [0.1, 0.15) is 44.1 Å². The molecular formula is C20H30N6O. The predicted octanol–water partition coefficient (Wildman–Crippen LogP) is 2.88. The number of aromatic amines is 1. The molecule has 1 aliphatic rings. The van der Waals surface area contributed by atoms with Gasteiger partial charge in [0.15, 0.2) is 11.8 Å². The molecule has 7 nitrogen and oxygen atoms in total. The summed E-state index contributed by atoms with van der Waals surface area (Å²) in [5.74, 6) is 1.56. The monoisotopic (exact) mass is 370 g/mol. The third kappa shape index (κ3) is 6.36. The van der Waals surface area contributed by atoms with Gasteiger partial charge in [-0.15, -0.1) is 0 Å². The molecule has 0 aliphatic heterocycles. The van der Waals surface area contributed by atoms with Gasteiger partial charge in [0.05, 0.1) is 12.7 Å². The number of nitrogens with one attached hydrogen (secondary N) is 3. The van der Waals surface area contributed by atoms with E-state index in [1.807, 2.05) is 12.1 Å². The molecule has 1 heterocycles. The van der Waals surface area contributed by atoms with Crippen LogP contribution in [-0.2, 0) is 11.3 Å². The Labute approximate surface area is 161 Å². The van der Waals surface area contributed by atoms with E-state index in [4.69, 9.17) is 4.74 Å². The molecule has 0 radical (unpaired) electrons. The quantitative estimate of drug-likeness (QED) is 0.302. The van der Waals surface area contributed by atoms with Crippen molar-refractivity contribution in [3.63, 3.8) is 0 Å². The first-order valence-corrected chi connectivity index (χ1v) is 9.86. The number of guanidine groups is 1. The summed E-state index contributed by atoms with van der Waals surface area (Å²) in [4.78, 5) is 8.48. The Morgan fingerprint density at radius 2 is 2.07 bits per heavy atom. The van der Waals surface area contributed by atoms with Crippen LogP contribution < -0.4 is 10.6 Å². The van der Waals surface area contributed by atoms with E-state index in [-0.39, 0.29) is 0 Å². The molecular weight excluding hydrogens is 340 g/mol. The molecule has 3 rings (SSSR count). The van der Waals surface area contributed by atoms with Crippen LogP contribution in [0.15, 0.2) is 35.6 Å². The second-order valence-electron chi connectivity index (χ2n) is 6.87. The second kappa shape index (κ2) is 10.7. The summed E-state index contributed by atoms with van der Waals surface area (Å²) in [7, 11) is 1.78. The summed E-state index contributed by atoms with van der Waals surface area (Å²) in [6.45, 7) is 2.16. The highest BCUT2D eigenvalue weighted by molar-refractivity contribution is 5.79. The van der Waals surface area contributed by atoms with Crippen molar-refractivity contribution in [2.75, 3.05) is 20.2 Å². The molecule has 1 aliphatic carbocycles. The highest BCUT2D eigenvalue weighted by Gasteiger charge is 2.12. The number of benzene rings is 1. The first-order valence-electron chi connectivity index (χ1n) is 9.86. The number of hydrogen-bond acceptors (Lipinski definition) is 4. The molecule has 27 heavy (non-hydrogen) atoms. The summed E-state index contributed by atoms with van der Waals surface area (Å²) < 4.78 is 6.02. The van der Waals surface area contributed by atoms with Crippen molar-refractivity contribution in [2.45, 2.75) is 51.2 Å². The lowest BCUT2D eigenvalue weighted by atomic mass is 10.1. The van der Waals surface area contributed by atoms with Gasteiger partial charge in [0.2, 0.25) is 0 Å². The van der Waals surface area contributed by atoms with E-state index in [0.29, 0.717) is 19.3 Å². The van der Waals surface area contributed by atoms with Crippen molar-refractivity contribution >= 4 is 5.96 Å². The number of aliphatic imine (C=N–C) groups is 1. The van der Waals surface area contributed by atoms with E-state index >= 15 is 0 Å². The minimum absolute atomic E-state index is 0.433. The Kier molecular flexibility index (Phi) is 7.65. The lowest BCUT2D eigenvalue weighted by Gasteiger charge is -2.17. The van der Waals surface area contributed by atoms with Gasteiger partial charge in [-0.25, -0.2) is 4.98 Å². The van der Waals surface area contributed by atoms with Crippen LogP contribution >= 0.6 is 0 Å². The molecule has 7 heteroatoms. The average molecular weight is 371 g/mol. The highest BCUT2D eigenvalue weighted by Crippen LogP contribution is 2.19. The number of rotatable bonds is 7. The SMILES string of the molecule is CN=C(NCCOC1CCCCCC1)NCc1cccc(-c2ncn[nH]2)c1. The summed E-state index contributed by atoms with van der Waals surface area (Å²) in [5.41, 5.74) is 2.17. The molecule has 146 valence electrons. The number of H-pyrrole nitrogens is 1. The lowest BCUT2D eigenvalue weighted by molar-refractivity contribution is 0.0468. The summed E-state index contributed by atoms with van der Waals surface area (Å²) in [6.07, 6.45) is 9.66. The van der Waals surface area contributed by atoms with Crippen LogP contribution in [-0.4, -0.2) is 47.4 Å². The summed E-state index contributed by atoms with van der Waals surface area (Å²) in [6, 6.07) is 8.21. The average Bonchev–Trinajstić information content (AvgIpc) is 3.12. The lowest BCUT2D eigenvalue weighted by Crippen LogP contribution is -2.38. The normalized spacial score (nSPS) is 16.1. The van der Waals surface area contributed by atoms with Gasteiger partial charge in [0, 0.05) is 25.7 Å². The standard InChI is InChI=1S/C20H30N6O/c1-21-20(22-11-12-27-18-9-4-2-3-5-10-18)23-14-16-7-6-8-17(13-16)19-24-15-25-26-19/h6-8,13,15,18H,2-5,9-12,14H2,1H3,(H2,21,22,23)(H,24,25,26). The summed E-state index contributed by atoms with van der Waals surface area (Å²) >= 11 is 0. The van der Waals surface area contributed by atoms with Gasteiger partial charge in [0.25, 0.3) is 0 Å². The smallest absolute Gasteiger partial charge is 0.191 e. The third-order valence-corrected chi connectivity index (χ3v) is 4.85. The molecule has 0 amide bonds. The van der Waals surface area contributed by atoms with Gasteiger partial charge in [-0.05, 0) is 24.5 Å². The van der Waals surface area contributed by atoms with E-state index in [2.05, 4.69) is 42.9 Å². The van der Waals surface area contributed by atoms with Crippen LogP contribution in [0.25, 0.3) is 11.4 Å². The zero-order valence-electron chi connectivity index (χ0n) is 16.1. The minimum atomic E-state index is 0.433. The highest BCUT2D eigenvalue weighted by atomic mass is 16.5. The van der Waals surface area contributed by atoms with Crippen molar-refractivity contribution in [3.05, 3.63) is 36.2 Å². The van der Waals surface area contributed by atoms with Crippen molar-refractivity contribution in [3.8, 4) is 11.4 Å². The molecule has 0 atom stereocenters. The number of hydrogen-bond donors (Lipinski definition) is 3. The van der Waals surface area contributed by atoms with Gasteiger partial charge < -0.3 is 15.4 Å². The molecule has 3 N–H and O–H groups in total. The Morgan fingerprint density at radius 1 is 1.22 bits per heavy atom. The van der Waals surface area contributed by atoms with Crippen LogP contribution in [0.3, 0.4) is 0 Å².